The molecule has 25 heavy (non-hydrogen) atoms. The van der Waals surface area contributed by atoms with E-state index in [9.17, 15) is 9.59 Å². The van der Waals surface area contributed by atoms with Gasteiger partial charge in [-0.05, 0) is 75.3 Å². The number of para-hydroxylation sites is 1. The van der Waals surface area contributed by atoms with Crippen molar-refractivity contribution in [1.29, 1.82) is 0 Å². The monoisotopic (exact) mass is 336 g/mol. The van der Waals surface area contributed by atoms with E-state index in [0.29, 0.717) is 29.0 Å². The number of benzene rings is 1. The number of aromatic amines is 1. The average molecular weight is 336 g/mol. The predicted molar refractivity (Wildman–Crippen MR) is 96.1 cm³/mol. The van der Waals surface area contributed by atoms with E-state index >= 15 is 0 Å². The van der Waals surface area contributed by atoms with Crippen molar-refractivity contribution in [3.63, 3.8) is 0 Å². The Morgan fingerprint density at radius 1 is 1.04 bits per heavy atom. The molecule has 0 spiro atoms. The summed E-state index contributed by atoms with van der Waals surface area (Å²) in [6.45, 7) is 1.86. The van der Waals surface area contributed by atoms with E-state index in [0.717, 1.165) is 24.9 Å². The second-order valence-electron chi connectivity index (χ2n) is 8.61. The Bertz CT molecular complexity index is 855. The molecule has 4 heteroatoms. The number of carbonyl (C=O) groups is 1. The molecule has 0 saturated heterocycles. The van der Waals surface area contributed by atoms with Crippen LogP contribution in [-0.4, -0.2) is 15.6 Å². The first-order valence-corrected chi connectivity index (χ1v) is 9.47. The minimum absolute atomic E-state index is 0.111. The second-order valence-corrected chi connectivity index (χ2v) is 8.61. The molecule has 0 amide bonds. The van der Waals surface area contributed by atoms with E-state index in [2.05, 4.69) is 5.10 Å². The number of H-pyrrole nitrogens is 1. The molecule has 4 bridgehead atoms. The molecular weight excluding hydrogens is 312 g/mol. The zero-order valence-electron chi connectivity index (χ0n) is 14.6. The van der Waals surface area contributed by atoms with E-state index in [-0.39, 0.29) is 16.8 Å². The first-order valence-electron chi connectivity index (χ1n) is 9.47. The quantitative estimate of drug-likeness (QED) is 0.865. The van der Waals surface area contributed by atoms with Gasteiger partial charge in [0.05, 0.1) is 5.69 Å². The van der Waals surface area contributed by atoms with Crippen molar-refractivity contribution >= 4 is 5.78 Å². The number of Topliss-reactive ketones (excluding diaryl/α,β-unsaturated/α-hetero) is 1. The van der Waals surface area contributed by atoms with Crippen LogP contribution in [-0.2, 0) is 0 Å². The molecule has 4 saturated carbocycles. The van der Waals surface area contributed by atoms with Crippen molar-refractivity contribution in [1.82, 2.24) is 9.78 Å². The van der Waals surface area contributed by atoms with Gasteiger partial charge in [0, 0.05) is 11.1 Å². The van der Waals surface area contributed by atoms with E-state index in [4.69, 9.17) is 0 Å². The molecular formula is C21H24N2O2. The number of hydrogen-bond donors (Lipinski definition) is 1. The molecule has 1 heterocycles. The van der Waals surface area contributed by atoms with Gasteiger partial charge in [-0.15, -0.1) is 0 Å². The minimum Gasteiger partial charge on any atom is -0.295 e. The first-order chi connectivity index (χ1) is 12.1. The molecule has 0 aliphatic heterocycles. The maximum Gasteiger partial charge on any atom is 0.282 e. The minimum atomic E-state index is -0.268. The Morgan fingerprint density at radius 2 is 1.60 bits per heavy atom. The molecule has 4 aliphatic rings. The molecule has 0 radical (unpaired) electrons. The summed E-state index contributed by atoms with van der Waals surface area (Å²) in [4.78, 5) is 26.6. The van der Waals surface area contributed by atoms with Crippen LogP contribution in [0.4, 0.5) is 0 Å². The van der Waals surface area contributed by atoms with Gasteiger partial charge in [-0.1, -0.05) is 18.2 Å². The van der Waals surface area contributed by atoms with Crippen molar-refractivity contribution in [2.45, 2.75) is 45.4 Å². The van der Waals surface area contributed by atoms with Crippen molar-refractivity contribution < 1.29 is 4.79 Å². The van der Waals surface area contributed by atoms with Gasteiger partial charge >= 0.3 is 0 Å². The van der Waals surface area contributed by atoms with Crippen LogP contribution in [0.1, 0.15) is 54.6 Å². The van der Waals surface area contributed by atoms with Crippen LogP contribution in [0, 0.1) is 30.1 Å². The Balaban J connectivity index is 1.57. The van der Waals surface area contributed by atoms with Crippen molar-refractivity contribution in [2.24, 2.45) is 23.2 Å². The third-order valence-corrected chi connectivity index (χ3v) is 6.83. The summed E-state index contributed by atoms with van der Waals surface area (Å²) < 4.78 is 1.52. The Kier molecular flexibility index (Phi) is 3.16. The zero-order valence-corrected chi connectivity index (χ0v) is 14.6. The molecule has 0 unspecified atom stereocenters. The number of nitrogens with one attached hydrogen (secondary N) is 1. The third-order valence-electron chi connectivity index (χ3n) is 6.83. The number of aryl methyl sites for hydroxylation is 1. The second kappa shape index (κ2) is 5.20. The third kappa shape index (κ3) is 2.19. The number of aromatic nitrogens is 2. The maximum atomic E-state index is 13.6. The van der Waals surface area contributed by atoms with Gasteiger partial charge < -0.3 is 0 Å². The fourth-order valence-electron chi connectivity index (χ4n) is 6.23. The normalized spacial score (nSPS) is 32.9. The van der Waals surface area contributed by atoms with E-state index in [1.165, 1.54) is 23.9 Å². The molecule has 4 fully saturated rings. The summed E-state index contributed by atoms with van der Waals surface area (Å²) in [5, 5.41) is 3.13. The first kappa shape index (κ1) is 15.2. The summed E-state index contributed by atoms with van der Waals surface area (Å²) in [7, 11) is 0. The number of ketones is 1. The summed E-state index contributed by atoms with van der Waals surface area (Å²) in [5.41, 5.74) is 1.42. The van der Waals surface area contributed by atoms with E-state index < -0.39 is 0 Å². The van der Waals surface area contributed by atoms with Gasteiger partial charge in [0.1, 0.15) is 5.56 Å². The molecule has 6 rings (SSSR count). The Hall–Kier alpha value is -2.10. The number of nitrogens with zero attached hydrogens (tertiary/aromatic N) is 1. The van der Waals surface area contributed by atoms with Crippen LogP contribution in [0.2, 0.25) is 0 Å². The lowest BCUT2D eigenvalue weighted by atomic mass is 9.48. The highest BCUT2D eigenvalue weighted by Crippen LogP contribution is 2.60. The summed E-state index contributed by atoms with van der Waals surface area (Å²) in [5.74, 6) is 2.21. The number of carbonyl (C=O) groups excluding carboxylic acids is 1. The smallest absolute Gasteiger partial charge is 0.282 e. The van der Waals surface area contributed by atoms with Crippen LogP contribution in [0.5, 0.6) is 0 Å². The van der Waals surface area contributed by atoms with Gasteiger partial charge in [-0.25, -0.2) is 4.68 Å². The van der Waals surface area contributed by atoms with E-state index in [1.54, 1.807) is 0 Å². The molecule has 2 aromatic rings. The Morgan fingerprint density at radius 3 is 2.16 bits per heavy atom. The lowest BCUT2D eigenvalue weighted by Gasteiger charge is -2.55. The summed E-state index contributed by atoms with van der Waals surface area (Å²) in [6.07, 6.45) is 6.88. The van der Waals surface area contributed by atoms with Gasteiger partial charge in [0.25, 0.3) is 5.56 Å². The molecule has 1 aromatic heterocycles. The summed E-state index contributed by atoms with van der Waals surface area (Å²) >= 11 is 0. The molecule has 4 nitrogen and oxygen atoms in total. The molecule has 0 atom stereocenters. The number of hydrogen-bond acceptors (Lipinski definition) is 2. The highest BCUT2D eigenvalue weighted by Gasteiger charge is 2.55. The van der Waals surface area contributed by atoms with Gasteiger partial charge in [0.2, 0.25) is 0 Å². The van der Waals surface area contributed by atoms with Crippen molar-refractivity contribution in [3.05, 3.63) is 51.9 Å². The molecule has 130 valence electrons. The summed E-state index contributed by atoms with van der Waals surface area (Å²) in [6, 6.07) is 9.50. The zero-order chi connectivity index (χ0) is 17.2. The molecule has 1 aromatic carbocycles. The SMILES string of the molecule is Cc1[nH]n(-c2ccccc2)c(=O)c1C(=O)C12CC3CC(CC(C3)C1)C2. The standard InChI is InChI=1S/C21H24N2O2/c1-13-18(20(25)23(22-13)17-5-3-2-4-6-17)19(24)21-10-14-7-15(11-21)9-16(8-14)12-21/h2-6,14-16,22H,7-12H2,1H3. The van der Waals surface area contributed by atoms with Gasteiger partial charge in [-0.2, -0.15) is 0 Å². The average Bonchev–Trinajstić information content (AvgIpc) is 2.88. The van der Waals surface area contributed by atoms with Crippen LogP contribution in [0.3, 0.4) is 0 Å². The fourth-order valence-corrected chi connectivity index (χ4v) is 6.23. The lowest BCUT2D eigenvalue weighted by Crippen LogP contribution is -2.50. The topological polar surface area (TPSA) is 54.9 Å². The Labute approximate surface area is 147 Å². The highest BCUT2D eigenvalue weighted by atomic mass is 16.2. The fraction of sp³-hybridized carbons (Fsp3) is 0.524. The maximum absolute atomic E-state index is 13.6. The van der Waals surface area contributed by atoms with Gasteiger partial charge in [-0.3, -0.25) is 14.7 Å². The van der Waals surface area contributed by atoms with Crippen LogP contribution >= 0.6 is 0 Å². The van der Waals surface area contributed by atoms with Crippen LogP contribution in [0.15, 0.2) is 35.1 Å². The van der Waals surface area contributed by atoms with E-state index in [1.807, 2.05) is 37.3 Å². The molecule has 4 aliphatic carbocycles. The van der Waals surface area contributed by atoms with Crippen LogP contribution in [0.25, 0.3) is 5.69 Å². The predicted octanol–water partition coefficient (Wildman–Crippen LogP) is 3.87. The van der Waals surface area contributed by atoms with Crippen molar-refractivity contribution in [2.75, 3.05) is 0 Å². The van der Waals surface area contributed by atoms with Crippen LogP contribution < -0.4 is 5.56 Å². The van der Waals surface area contributed by atoms with Crippen molar-refractivity contribution in [3.8, 4) is 5.69 Å². The highest BCUT2D eigenvalue weighted by molar-refractivity contribution is 6.01. The number of rotatable bonds is 3. The lowest BCUT2D eigenvalue weighted by molar-refractivity contribution is -0.0354. The molecule has 1 N–H and O–H groups in total. The van der Waals surface area contributed by atoms with Gasteiger partial charge in [0.15, 0.2) is 5.78 Å². The largest absolute Gasteiger partial charge is 0.295 e.